The summed E-state index contributed by atoms with van der Waals surface area (Å²) in [6.45, 7) is 3.97. The number of ketones is 1. The molecule has 5 aromatic rings. The molecule has 188 valence electrons. The standard InChI is InChI=1S/C27H28N8O2/c1-4-5-8-21-17-35(26-22(18(2)36)13-14-33(26)3)27(37)34(21)16-20-12-11-19(15-28-20)23-9-6-7-10-24(23)25-29-31-32-30-25/h6-7,9-15,17H,4-5,8,16H2,1-3H3,(H,29,30,31,32). The van der Waals surface area contributed by atoms with Gasteiger partial charge in [-0.25, -0.2) is 4.79 Å². The van der Waals surface area contributed by atoms with Crippen molar-refractivity contribution in [3.63, 3.8) is 0 Å². The smallest absolute Gasteiger partial charge is 0.334 e. The third kappa shape index (κ3) is 4.65. The number of rotatable bonds is 9. The first-order valence-electron chi connectivity index (χ1n) is 12.2. The molecule has 0 fully saturated rings. The molecular formula is C27H28N8O2. The van der Waals surface area contributed by atoms with Gasteiger partial charge in [0.15, 0.2) is 5.78 Å². The van der Waals surface area contributed by atoms with Crippen molar-refractivity contribution in [1.29, 1.82) is 0 Å². The summed E-state index contributed by atoms with van der Waals surface area (Å²) in [6, 6.07) is 13.5. The van der Waals surface area contributed by atoms with Crippen molar-refractivity contribution >= 4 is 5.78 Å². The van der Waals surface area contributed by atoms with E-state index >= 15 is 0 Å². The third-order valence-corrected chi connectivity index (χ3v) is 6.46. The summed E-state index contributed by atoms with van der Waals surface area (Å²) in [4.78, 5) is 30.5. The van der Waals surface area contributed by atoms with Gasteiger partial charge in [-0.3, -0.25) is 18.9 Å². The van der Waals surface area contributed by atoms with E-state index in [0.717, 1.165) is 47.3 Å². The van der Waals surface area contributed by atoms with E-state index < -0.39 is 0 Å². The quantitative estimate of drug-likeness (QED) is 0.310. The Hall–Kier alpha value is -4.60. The van der Waals surface area contributed by atoms with Crippen LogP contribution in [0, 0.1) is 0 Å². The minimum atomic E-state index is -0.191. The maximum Gasteiger partial charge on any atom is 0.334 e. The van der Waals surface area contributed by atoms with Crippen LogP contribution in [0.2, 0.25) is 0 Å². The van der Waals surface area contributed by atoms with Gasteiger partial charge in [0.25, 0.3) is 0 Å². The number of carbonyl (C=O) groups excluding carboxylic acids is 1. The number of nitrogens with zero attached hydrogens (tertiary/aromatic N) is 7. The summed E-state index contributed by atoms with van der Waals surface area (Å²) in [7, 11) is 1.84. The van der Waals surface area contributed by atoms with Crippen LogP contribution in [-0.4, -0.2) is 45.1 Å². The molecule has 0 bridgehead atoms. The van der Waals surface area contributed by atoms with Crippen molar-refractivity contribution in [3.05, 3.63) is 88.5 Å². The number of aromatic nitrogens is 8. The Bertz CT molecular complexity index is 1590. The molecule has 0 aliphatic heterocycles. The number of nitrogens with one attached hydrogen (secondary N) is 1. The van der Waals surface area contributed by atoms with Crippen LogP contribution in [0.3, 0.4) is 0 Å². The van der Waals surface area contributed by atoms with Crippen LogP contribution in [-0.2, 0) is 20.0 Å². The Kier molecular flexibility index (Phi) is 6.63. The number of hydrogen-bond acceptors (Lipinski definition) is 6. The number of aromatic amines is 1. The largest absolute Gasteiger partial charge is 0.336 e. The van der Waals surface area contributed by atoms with Crippen LogP contribution < -0.4 is 5.69 Å². The van der Waals surface area contributed by atoms with Crippen LogP contribution in [0.1, 0.15) is 48.4 Å². The predicted molar refractivity (Wildman–Crippen MR) is 140 cm³/mol. The minimum Gasteiger partial charge on any atom is -0.336 e. The lowest BCUT2D eigenvalue weighted by Gasteiger charge is -2.09. The van der Waals surface area contributed by atoms with E-state index in [4.69, 9.17) is 0 Å². The third-order valence-electron chi connectivity index (χ3n) is 6.46. The van der Waals surface area contributed by atoms with E-state index in [9.17, 15) is 9.59 Å². The summed E-state index contributed by atoms with van der Waals surface area (Å²) in [6.07, 6.45) is 8.18. The highest BCUT2D eigenvalue weighted by molar-refractivity contribution is 5.97. The van der Waals surface area contributed by atoms with Crippen molar-refractivity contribution in [1.82, 2.24) is 39.3 Å². The number of unbranched alkanes of at least 4 members (excludes halogenated alkanes) is 1. The molecule has 0 unspecified atom stereocenters. The van der Waals surface area contributed by atoms with Gasteiger partial charge in [-0.05, 0) is 42.7 Å². The molecule has 1 aromatic carbocycles. The molecule has 10 nitrogen and oxygen atoms in total. The number of benzene rings is 1. The van der Waals surface area contributed by atoms with Gasteiger partial charge in [0.05, 0.1) is 17.8 Å². The highest BCUT2D eigenvalue weighted by atomic mass is 16.2. The molecule has 4 heterocycles. The summed E-state index contributed by atoms with van der Waals surface area (Å²) < 4.78 is 5.14. The van der Waals surface area contributed by atoms with E-state index in [1.807, 2.05) is 49.6 Å². The number of carbonyl (C=O) groups is 1. The maximum absolute atomic E-state index is 13.6. The average molecular weight is 497 g/mol. The number of aryl methyl sites for hydroxylation is 2. The Morgan fingerprint density at radius 3 is 2.57 bits per heavy atom. The van der Waals surface area contributed by atoms with Crippen LogP contribution in [0.15, 0.2) is 65.8 Å². The minimum absolute atomic E-state index is 0.0799. The maximum atomic E-state index is 13.6. The molecule has 0 aliphatic carbocycles. The van der Waals surface area contributed by atoms with E-state index in [2.05, 4.69) is 32.5 Å². The summed E-state index contributed by atoms with van der Waals surface area (Å²) in [5, 5.41) is 14.4. The molecule has 0 atom stereocenters. The van der Waals surface area contributed by atoms with E-state index in [1.54, 1.807) is 32.2 Å². The normalized spacial score (nSPS) is 11.2. The number of Topliss-reactive ketones (excluding diaryl/α,β-unsaturated/α-hetero) is 1. The molecule has 0 spiro atoms. The predicted octanol–water partition coefficient (Wildman–Crippen LogP) is 3.81. The molecule has 37 heavy (non-hydrogen) atoms. The Morgan fingerprint density at radius 2 is 1.89 bits per heavy atom. The van der Waals surface area contributed by atoms with Crippen LogP contribution >= 0.6 is 0 Å². The monoisotopic (exact) mass is 496 g/mol. The molecule has 0 radical (unpaired) electrons. The number of H-pyrrole nitrogens is 1. The fourth-order valence-corrected chi connectivity index (χ4v) is 4.55. The Labute approximate surface area is 213 Å². The van der Waals surface area contributed by atoms with Crippen LogP contribution in [0.4, 0.5) is 0 Å². The number of hydrogen-bond donors (Lipinski definition) is 1. The molecule has 1 N–H and O–H groups in total. The summed E-state index contributed by atoms with van der Waals surface area (Å²) in [5.41, 5.74) is 4.71. The van der Waals surface area contributed by atoms with Crippen molar-refractivity contribution in [2.45, 2.75) is 39.7 Å². The lowest BCUT2D eigenvalue weighted by atomic mass is 10.0. The Balaban J connectivity index is 1.50. The second-order valence-electron chi connectivity index (χ2n) is 9.00. The highest BCUT2D eigenvalue weighted by Crippen LogP contribution is 2.29. The summed E-state index contributed by atoms with van der Waals surface area (Å²) >= 11 is 0. The first-order valence-corrected chi connectivity index (χ1v) is 12.2. The lowest BCUT2D eigenvalue weighted by Crippen LogP contribution is -2.26. The van der Waals surface area contributed by atoms with Gasteiger partial charge in [-0.15, -0.1) is 10.2 Å². The SMILES string of the molecule is CCCCc1cn(-c2c(C(C)=O)ccn2C)c(=O)n1Cc1ccc(-c2ccccc2-c2nn[nH]n2)cn1. The van der Waals surface area contributed by atoms with Gasteiger partial charge in [-0.1, -0.05) is 43.7 Å². The van der Waals surface area contributed by atoms with E-state index in [0.29, 0.717) is 23.8 Å². The highest BCUT2D eigenvalue weighted by Gasteiger charge is 2.20. The summed E-state index contributed by atoms with van der Waals surface area (Å²) in [5.74, 6) is 1.01. The first kappa shape index (κ1) is 24.1. The zero-order valence-electron chi connectivity index (χ0n) is 21.0. The number of pyridine rings is 1. The molecule has 4 aromatic heterocycles. The van der Waals surface area contributed by atoms with Crippen LogP contribution in [0.5, 0.6) is 0 Å². The van der Waals surface area contributed by atoms with E-state index in [1.165, 1.54) is 6.92 Å². The fourth-order valence-electron chi connectivity index (χ4n) is 4.55. The van der Waals surface area contributed by atoms with Gasteiger partial charge in [0, 0.05) is 42.5 Å². The van der Waals surface area contributed by atoms with E-state index in [-0.39, 0.29) is 11.5 Å². The zero-order valence-corrected chi connectivity index (χ0v) is 21.0. The molecular weight excluding hydrogens is 468 g/mol. The zero-order chi connectivity index (χ0) is 25.9. The first-order chi connectivity index (χ1) is 18.0. The lowest BCUT2D eigenvalue weighted by molar-refractivity contribution is 0.101. The number of tetrazole rings is 1. The van der Waals surface area contributed by atoms with Crippen molar-refractivity contribution < 1.29 is 4.79 Å². The van der Waals surface area contributed by atoms with Crippen molar-refractivity contribution in [2.75, 3.05) is 0 Å². The molecule has 10 heteroatoms. The van der Waals surface area contributed by atoms with Gasteiger partial charge in [0.1, 0.15) is 5.82 Å². The number of imidazole rings is 1. The molecule has 0 saturated carbocycles. The van der Waals surface area contributed by atoms with Crippen molar-refractivity contribution in [3.8, 4) is 28.3 Å². The fraction of sp³-hybridized carbons (Fsp3) is 0.259. The molecule has 0 aliphatic rings. The van der Waals surface area contributed by atoms with Gasteiger partial charge >= 0.3 is 5.69 Å². The van der Waals surface area contributed by atoms with Crippen molar-refractivity contribution in [2.24, 2.45) is 7.05 Å². The van der Waals surface area contributed by atoms with Crippen LogP contribution in [0.25, 0.3) is 28.3 Å². The van der Waals surface area contributed by atoms with Gasteiger partial charge < -0.3 is 4.57 Å². The molecule has 0 amide bonds. The second-order valence-corrected chi connectivity index (χ2v) is 9.00. The molecule has 5 rings (SSSR count). The topological polar surface area (TPSA) is 116 Å². The van der Waals surface area contributed by atoms with Gasteiger partial charge in [-0.2, -0.15) is 5.21 Å². The van der Waals surface area contributed by atoms with Gasteiger partial charge in [0.2, 0.25) is 5.82 Å². The molecule has 0 saturated heterocycles. The Morgan fingerprint density at radius 1 is 1.08 bits per heavy atom. The second kappa shape index (κ2) is 10.2. The average Bonchev–Trinajstić information content (AvgIpc) is 3.64.